The van der Waals surface area contributed by atoms with Gasteiger partial charge in [-0.3, -0.25) is 4.68 Å². The minimum Gasteiger partial charge on any atom is -0.263 e. The minimum absolute atomic E-state index is 0.230. The molecule has 2 aromatic carbocycles. The van der Waals surface area contributed by atoms with E-state index in [1.54, 1.807) is 18.2 Å². The summed E-state index contributed by atoms with van der Waals surface area (Å²) in [5.41, 5.74) is 0.836. The van der Waals surface area contributed by atoms with Crippen LogP contribution in [-0.2, 0) is 12.7 Å². The Kier molecular flexibility index (Phi) is 4.69. The van der Waals surface area contributed by atoms with Gasteiger partial charge in [-0.2, -0.15) is 18.3 Å². The van der Waals surface area contributed by atoms with Gasteiger partial charge in [0.05, 0.1) is 27.7 Å². The fourth-order valence-electron chi connectivity index (χ4n) is 2.46. The van der Waals surface area contributed by atoms with E-state index >= 15 is 0 Å². The van der Waals surface area contributed by atoms with Gasteiger partial charge >= 0.3 is 6.18 Å². The van der Waals surface area contributed by atoms with Crippen molar-refractivity contribution >= 4 is 45.7 Å². The van der Waals surface area contributed by atoms with E-state index in [9.17, 15) is 13.2 Å². The number of benzene rings is 2. The number of alkyl halides is 4. The normalized spacial score (nSPS) is 12.1. The van der Waals surface area contributed by atoms with Crippen LogP contribution in [0.25, 0.3) is 22.2 Å². The molecule has 0 aliphatic rings. The van der Waals surface area contributed by atoms with Crippen molar-refractivity contribution in [2.24, 2.45) is 0 Å². The molecule has 0 unspecified atom stereocenters. The Morgan fingerprint density at radius 3 is 2.38 bits per heavy atom. The largest absolute Gasteiger partial charge is 0.416 e. The summed E-state index contributed by atoms with van der Waals surface area (Å²) in [7, 11) is 0. The molecule has 0 radical (unpaired) electrons. The number of hydrogen-bond donors (Lipinski definition) is 0. The van der Waals surface area contributed by atoms with E-state index in [0.717, 1.165) is 12.1 Å². The lowest BCUT2D eigenvalue weighted by Gasteiger charge is -2.07. The van der Waals surface area contributed by atoms with E-state index in [1.807, 2.05) is 0 Å². The minimum atomic E-state index is -4.42. The lowest BCUT2D eigenvalue weighted by molar-refractivity contribution is -0.137. The zero-order chi connectivity index (χ0) is 17.5. The van der Waals surface area contributed by atoms with Gasteiger partial charge in [-0.05, 0) is 30.3 Å². The topological polar surface area (TPSA) is 17.8 Å². The molecule has 0 saturated heterocycles. The van der Waals surface area contributed by atoms with E-state index in [0.29, 0.717) is 38.8 Å². The lowest BCUT2D eigenvalue weighted by atomic mass is 10.1. The summed E-state index contributed by atoms with van der Waals surface area (Å²) in [6.45, 7) is 0.292. The molecule has 3 rings (SSSR count). The van der Waals surface area contributed by atoms with Crippen LogP contribution in [0.1, 0.15) is 5.56 Å². The number of halogens is 6. The predicted octanol–water partition coefficient (Wildman–Crippen LogP) is 6.27. The van der Waals surface area contributed by atoms with Gasteiger partial charge < -0.3 is 0 Å². The Morgan fingerprint density at radius 2 is 1.75 bits per heavy atom. The first-order valence-corrected chi connectivity index (χ1v) is 8.19. The summed E-state index contributed by atoms with van der Waals surface area (Å²) in [6, 6.07) is 8.50. The van der Waals surface area contributed by atoms with Gasteiger partial charge in [-0.25, -0.2) is 0 Å². The highest BCUT2D eigenvalue weighted by atomic mass is 35.5. The first-order chi connectivity index (χ1) is 11.3. The van der Waals surface area contributed by atoms with Crippen LogP contribution in [0.2, 0.25) is 10.0 Å². The van der Waals surface area contributed by atoms with Crippen LogP contribution in [0, 0.1) is 0 Å². The van der Waals surface area contributed by atoms with Gasteiger partial charge in [0, 0.05) is 16.8 Å². The quantitative estimate of drug-likeness (QED) is 0.480. The zero-order valence-corrected chi connectivity index (χ0v) is 14.3. The average molecular weight is 394 g/mol. The van der Waals surface area contributed by atoms with Crippen molar-refractivity contribution < 1.29 is 13.2 Å². The molecule has 8 heteroatoms. The predicted molar refractivity (Wildman–Crippen MR) is 90.9 cm³/mol. The van der Waals surface area contributed by atoms with Crippen molar-refractivity contribution in [3.05, 3.63) is 52.0 Å². The molecular formula is C16H10Cl3F3N2. The molecule has 1 aromatic heterocycles. The van der Waals surface area contributed by atoms with E-state index in [4.69, 9.17) is 34.8 Å². The van der Waals surface area contributed by atoms with Crippen molar-refractivity contribution in [1.82, 2.24) is 9.78 Å². The first kappa shape index (κ1) is 17.4. The Morgan fingerprint density at radius 1 is 1.00 bits per heavy atom. The number of rotatable bonds is 3. The van der Waals surface area contributed by atoms with Crippen LogP contribution < -0.4 is 0 Å². The Bertz CT molecular complexity index is 903. The SMILES string of the molecule is FC(F)(F)c1ccc2c(-c3ccc(Cl)c(Cl)c3)nn(CCCl)c2c1. The Labute approximate surface area is 150 Å². The molecule has 0 bridgehead atoms. The molecule has 1 heterocycles. The molecule has 0 aliphatic heterocycles. The number of nitrogens with zero attached hydrogens (tertiary/aromatic N) is 2. The molecule has 0 N–H and O–H groups in total. The zero-order valence-electron chi connectivity index (χ0n) is 12.0. The third-order valence-electron chi connectivity index (χ3n) is 3.57. The summed E-state index contributed by atoms with van der Waals surface area (Å²) in [5, 5.41) is 5.74. The monoisotopic (exact) mass is 392 g/mol. The van der Waals surface area contributed by atoms with Crippen LogP contribution in [0.5, 0.6) is 0 Å². The maximum absolute atomic E-state index is 13.0. The summed E-state index contributed by atoms with van der Waals surface area (Å²) < 4.78 is 40.4. The van der Waals surface area contributed by atoms with E-state index in [-0.39, 0.29) is 5.88 Å². The molecular weight excluding hydrogens is 384 g/mol. The van der Waals surface area contributed by atoms with Crippen LogP contribution in [0.3, 0.4) is 0 Å². The van der Waals surface area contributed by atoms with Gasteiger partial charge in [0.2, 0.25) is 0 Å². The number of aromatic nitrogens is 2. The summed E-state index contributed by atoms with van der Waals surface area (Å²) in [6.07, 6.45) is -4.42. The van der Waals surface area contributed by atoms with Crippen LogP contribution in [0.4, 0.5) is 13.2 Å². The second kappa shape index (κ2) is 6.47. The molecule has 24 heavy (non-hydrogen) atoms. The van der Waals surface area contributed by atoms with Crippen molar-refractivity contribution in [2.75, 3.05) is 5.88 Å². The molecule has 2 nitrogen and oxygen atoms in total. The number of aryl methyl sites for hydroxylation is 1. The third kappa shape index (κ3) is 3.21. The third-order valence-corrected chi connectivity index (χ3v) is 4.48. The van der Waals surface area contributed by atoms with Crippen molar-refractivity contribution in [3.63, 3.8) is 0 Å². The highest BCUT2D eigenvalue weighted by Gasteiger charge is 2.31. The van der Waals surface area contributed by atoms with Crippen molar-refractivity contribution in [1.29, 1.82) is 0 Å². The second-order valence-corrected chi connectivity index (χ2v) is 6.31. The molecule has 0 aliphatic carbocycles. The molecule has 0 amide bonds. The molecule has 0 fully saturated rings. The van der Waals surface area contributed by atoms with E-state index in [1.165, 1.54) is 10.7 Å². The summed E-state index contributed by atoms with van der Waals surface area (Å²) in [4.78, 5) is 0. The molecule has 0 saturated carbocycles. The van der Waals surface area contributed by atoms with Crippen molar-refractivity contribution in [2.45, 2.75) is 12.7 Å². The number of hydrogen-bond acceptors (Lipinski definition) is 1. The van der Waals surface area contributed by atoms with Gasteiger partial charge in [-0.1, -0.05) is 29.3 Å². The van der Waals surface area contributed by atoms with Gasteiger partial charge in [-0.15, -0.1) is 11.6 Å². The Hall–Kier alpha value is -1.43. The average Bonchev–Trinajstić information content (AvgIpc) is 2.88. The Balaban J connectivity index is 2.23. The molecule has 3 aromatic rings. The summed E-state index contributed by atoms with van der Waals surface area (Å²) >= 11 is 17.7. The van der Waals surface area contributed by atoms with Crippen molar-refractivity contribution in [3.8, 4) is 11.3 Å². The van der Waals surface area contributed by atoms with Crippen LogP contribution >= 0.6 is 34.8 Å². The fourth-order valence-corrected chi connectivity index (χ4v) is 2.92. The van der Waals surface area contributed by atoms with Gasteiger partial charge in [0.1, 0.15) is 5.69 Å². The lowest BCUT2D eigenvalue weighted by Crippen LogP contribution is -2.06. The maximum Gasteiger partial charge on any atom is 0.416 e. The van der Waals surface area contributed by atoms with Gasteiger partial charge in [0.25, 0.3) is 0 Å². The van der Waals surface area contributed by atoms with E-state index < -0.39 is 11.7 Å². The molecule has 0 spiro atoms. The molecule has 126 valence electrons. The maximum atomic E-state index is 13.0. The smallest absolute Gasteiger partial charge is 0.263 e. The number of fused-ring (bicyclic) bond motifs is 1. The van der Waals surface area contributed by atoms with Crippen LogP contribution in [-0.4, -0.2) is 15.7 Å². The fraction of sp³-hybridized carbons (Fsp3) is 0.188. The van der Waals surface area contributed by atoms with Gasteiger partial charge in [0.15, 0.2) is 0 Å². The standard InChI is InChI=1S/C16H10Cl3F3N2/c17-5-6-24-14-8-10(16(20,21)22)2-3-11(14)15(23-24)9-1-4-12(18)13(19)7-9/h1-4,7-8H,5-6H2. The van der Waals surface area contributed by atoms with Crippen LogP contribution in [0.15, 0.2) is 36.4 Å². The molecule has 0 atom stereocenters. The second-order valence-electron chi connectivity index (χ2n) is 5.12. The highest BCUT2D eigenvalue weighted by molar-refractivity contribution is 6.42. The summed E-state index contributed by atoms with van der Waals surface area (Å²) in [5.74, 6) is 0.230. The highest BCUT2D eigenvalue weighted by Crippen LogP contribution is 2.36. The van der Waals surface area contributed by atoms with E-state index in [2.05, 4.69) is 5.10 Å². The first-order valence-electron chi connectivity index (χ1n) is 6.90.